The molecule has 0 saturated heterocycles. The first-order chi connectivity index (χ1) is 10.4. The van der Waals surface area contributed by atoms with Crippen molar-refractivity contribution >= 4 is 17.6 Å². The Morgan fingerprint density at radius 1 is 1.09 bits per heavy atom. The number of ether oxygens (including phenoxy) is 3. The second kappa shape index (κ2) is 5.54. The van der Waals surface area contributed by atoms with Crippen molar-refractivity contribution < 1.29 is 19.0 Å². The number of fused-ring (bicyclic) bond motifs is 1. The van der Waals surface area contributed by atoms with Gasteiger partial charge in [0.15, 0.2) is 0 Å². The summed E-state index contributed by atoms with van der Waals surface area (Å²) in [5.74, 6) is -0.514. The molecule has 4 nitrogen and oxygen atoms in total. The number of carbonyl (C=O) groups excluding carboxylic acids is 1. The number of rotatable bonds is 3. The number of benzene rings is 2. The van der Waals surface area contributed by atoms with Crippen LogP contribution in [0.25, 0.3) is 0 Å². The molecule has 0 amide bonds. The van der Waals surface area contributed by atoms with E-state index in [0.717, 1.165) is 5.56 Å². The molecule has 5 heteroatoms. The van der Waals surface area contributed by atoms with Gasteiger partial charge in [-0.05, 0) is 29.8 Å². The number of hydrogen-bond acceptors (Lipinski definition) is 4. The number of halogens is 1. The quantitative estimate of drug-likeness (QED) is 0.795. The Morgan fingerprint density at radius 2 is 1.82 bits per heavy atom. The Hall–Kier alpha value is -2.20. The molecule has 0 aromatic heterocycles. The summed E-state index contributed by atoms with van der Waals surface area (Å²) >= 11 is 5.85. The fraction of sp³-hybridized carbons (Fsp3) is 0.235. The third kappa shape index (κ3) is 3.02. The molecule has 0 atom stereocenters. The predicted octanol–water partition coefficient (Wildman–Crippen LogP) is 4.20. The Balaban J connectivity index is 1.84. The maximum Gasteiger partial charge on any atom is 0.349 e. The van der Waals surface area contributed by atoms with Gasteiger partial charge in [-0.25, -0.2) is 4.79 Å². The molecular formula is C17H15ClO4. The molecule has 0 spiro atoms. The van der Waals surface area contributed by atoms with Gasteiger partial charge in [0, 0.05) is 18.9 Å². The highest BCUT2D eigenvalue weighted by Crippen LogP contribution is 2.37. The van der Waals surface area contributed by atoms with Crippen LogP contribution in [0.2, 0.25) is 5.02 Å². The number of esters is 1. The molecule has 114 valence electrons. The summed E-state index contributed by atoms with van der Waals surface area (Å²) in [5.41, 5.74) is 1.27. The van der Waals surface area contributed by atoms with E-state index in [1.807, 2.05) is 12.1 Å². The molecule has 0 bridgehead atoms. The van der Waals surface area contributed by atoms with Crippen LogP contribution in [0, 0.1) is 0 Å². The monoisotopic (exact) mass is 318 g/mol. The van der Waals surface area contributed by atoms with Gasteiger partial charge in [-0.1, -0.05) is 29.8 Å². The van der Waals surface area contributed by atoms with Crippen molar-refractivity contribution in [3.05, 3.63) is 58.6 Å². The maximum atomic E-state index is 12.2. The molecule has 2 aromatic carbocycles. The SMILES string of the molecule is CC1(C)OC(=O)c2c(OCc3ccc(Cl)cc3)cccc2O1. The summed E-state index contributed by atoms with van der Waals surface area (Å²) in [5, 5.41) is 0.667. The molecule has 0 saturated carbocycles. The van der Waals surface area contributed by atoms with E-state index in [0.29, 0.717) is 28.7 Å². The maximum absolute atomic E-state index is 12.2. The summed E-state index contributed by atoms with van der Waals surface area (Å²) < 4.78 is 16.7. The van der Waals surface area contributed by atoms with Gasteiger partial charge in [-0.15, -0.1) is 0 Å². The molecule has 0 aliphatic carbocycles. The minimum absolute atomic E-state index is 0.316. The van der Waals surface area contributed by atoms with Crippen molar-refractivity contribution in [1.29, 1.82) is 0 Å². The van der Waals surface area contributed by atoms with Crippen molar-refractivity contribution in [2.24, 2.45) is 0 Å². The van der Waals surface area contributed by atoms with Gasteiger partial charge in [0.05, 0.1) is 0 Å². The van der Waals surface area contributed by atoms with E-state index in [9.17, 15) is 4.79 Å². The Kier molecular flexibility index (Phi) is 3.71. The summed E-state index contributed by atoms with van der Waals surface area (Å²) in [6.45, 7) is 3.70. The van der Waals surface area contributed by atoms with Crippen LogP contribution in [-0.2, 0) is 11.3 Å². The predicted molar refractivity (Wildman–Crippen MR) is 82.3 cm³/mol. The standard InChI is InChI=1S/C17H15ClO4/c1-17(2)21-14-5-3-4-13(15(14)16(19)22-17)20-10-11-6-8-12(18)9-7-11/h3-9H,10H2,1-2H3. The zero-order valence-corrected chi connectivity index (χ0v) is 13.0. The number of hydrogen-bond donors (Lipinski definition) is 0. The highest BCUT2D eigenvalue weighted by molar-refractivity contribution is 6.30. The second-order valence-corrected chi connectivity index (χ2v) is 5.87. The van der Waals surface area contributed by atoms with Gasteiger partial charge in [0.25, 0.3) is 0 Å². The lowest BCUT2D eigenvalue weighted by atomic mass is 10.1. The van der Waals surface area contributed by atoms with Crippen LogP contribution in [0.3, 0.4) is 0 Å². The van der Waals surface area contributed by atoms with Crippen LogP contribution in [-0.4, -0.2) is 11.8 Å². The first kappa shape index (κ1) is 14.7. The van der Waals surface area contributed by atoms with E-state index in [4.69, 9.17) is 25.8 Å². The first-order valence-corrected chi connectivity index (χ1v) is 7.25. The van der Waals surface area contributed by atoms with Gasteiger partial charge in [-0.2, -0.15) is 0 Å². The third-order valence-electron chi connectivity index (χ3n) is 3.19. The smallest absolute Gasteiger partial charge is 0.349 e. The summed E-state index contributed by atoms with van der Waals surface area (Å²) in [6.07, 6.45) is 0. The van der Waals surface area contributed by atoms with Crippen LogP contribution >= 0.6 is 11.6 Å². The number of carbonyl (C=O) groups is 1. The van der Waals surface area contributed by atoms with E-state index in [2.05, 4.69) is 0 Å². The fourth-order valence-electron chi connectivity index (χ4n) is 2.22. The van der Waals surface area contributed by atoms with E-state index >= 15 is 0 Å². The number of cyclic esters (lactones) is 1. The normalized spacial score (nSPS) is 15.5. The average Bonchev–Trinajstić information content (AvgIpc) is 2.45. The first-order valence-electron chi connectivity index (χ1n) is 6.87. The van der Waals surface area contributed by atoms with E-state index in [-0.39, 0.29) is 0 Å². The van der Waals surface area contributed by atoms with Crippen molar-refractivity contribution in [2.75, 3.05) is 0 Å². The molecule has 0 fully saturated rings. The van der Waals surface area contributed by atoms with Gasteiger partial charge in [0.1, 0.15) is 23.7 Å². The van der Waals surface area contributed by atoms with E-state index in [1.54, 1.807) is 44.2 Å². The fourth-order valence-corrected chi connectivity index (χ4v) is 2.35. The minimum Gasteiger partial charge on any atom is -0.488 e. The molecule has 1 aliphatic heterocycles. The highest BCUT2D eigenvalue weighted by Gasteiger charge is 2.36. The van der Waals surface area contributed by atoms with Crippen LogP contribution in [0.4, 0.5) is 0 Å². The lowest BCUT2D eigenvalue weighted by molar-refractivity contribution is -0.127. The molecule has 22 heavy (non-hydrogen) atoms. The Labute approximate surface area is 133 Å². The zero-order chi connectivity index (χ0) is 15.7. The molecular weight excluding hydrogens is 304 g/mol. The molecule has 1 aliphatic rings. The summed E-state index contributed by atoms with van der Waals surface area (Å²) in [4.78, 5) is 12.2. The van der Waals surface area contributed by atoms with Crippen molar-refractivity contribution in [2.45, 2.75) is 26.2 Å². The van der Waals surface area contributed by atoms with Gasteiger partial charge < -0.3 is 14.2 Å². The van der Waals surface area contributed by atoms with E-state index < -0.39 is 11.8 Å². The van der Waals surface area contributed by atoms with Gasteiger partial charge in [0.2, 0.25) is 5.79 Å². The zero-order valence-electron chi connectivity index (χ0n) is 12.3. The molecule has 1 heterocycles. The lowest BCUT2D eigenvalue weighted by Gasteiger charge is -2.32. The van der Waals surface area contributed by atoms with Crippen molar-refractivity contribution in [1.82, 2.24) is 0 Å². The third-order valence-corrected chi connectivity index (χ3v) is 3.45. The minimum atomic E-state index is -0.973. The molecule has 3 rings (SSSR count). The van der Waals surface area contributed by atoms with Crippen LogP contribution in [0.1, 0.15) is 29.8 Å². The van der Waals surface area contributed by atoms with Gasteiger partial charge in [-0.3, -0.25) is 0 Å². The van der Waals surface area contributed by atoms with E-state index in [1.165, 1.54) is 0 Å². The van der Waals surface area contributed by atoms with Gasteiger partial charge >= 0.3 is 5.97 Å². The summed E-state index contributed by atoms with van der Waals surface area (Å²) in [6, 6.07) is 12.6. The average molecular weight is 319 g/mol. The largest absolute Gasteiger partial charge is 0.488 e. The molecule has 0 unspecified atom stereocenters. The summed E-state index contributed by atoms with van der Waals surface area (Å²) in [7, 11) is 0. The van der Waals surface area contributed by atoms with Crippen molar-refractivity contribution in [3.63, 3.8) is 0 Å². The molecule has 2 aromatic rings. The Morgan fingerprint density at radius 3 is 2.55 bits per heavy atom. The van der Waals surface area contributed by atoms with Crippen LogP contribution < -0.4 is 9.47 Å². The molecule has 0 radical (unpaired) electrons. The second-order valence-electron chi connectivity index (χ2n) is 5.44. The highest BCUT2D eigenvalue weighted by atomic mass is 35.5. The van der Waals surface area contributed by atoms with Crippen LogP contribution in [0.15, 0.2) is 42.5 Å². The lowest BCUT2D eigenvalue weighted by Crippen LogP contribution is -2.39. The topological polar surface area (TPSA) is 44.8 Å². The Bertz CT molecular complexity index is 707. The van der Waals surface area contributed by atoms with Crippen LogP contribution in [0.5, 0.6) is 11.5 Å². The van der Waals surface area contributed by atoms with Crippen molar-refractivity contribution in [3.8, 4) is 11.5 Å². The molecule has 0 N–H and O–H groups in total.